The average Bonchev–Trinajstić information content (AvgIpc) is 2.00. The van der Waals surface area contributed by atoms with Crippen LogP contribution in [0.25, 0.3) is 0 Å². The summed E-state index contributed by atoms with van der Waals surface area (Å²) in [6.07, 6.45) is 1.83. The second kappa shape index (κ2) is 6.88. The van der Waals surface area contributed by atoms with Crippen LogP contribution in [0.4, 0.5) is 0 Å². The van der Waals surface area contributed by atoms with E-state index in [1.807, 2.05) is 13.8 Å². The number of carbonyl (C=O) groups excluding carboxylic acids is 1. The van der Waals surface area contributed by atoms with Crippen molar-refractivity contribution in [2.45, 2.75) is 26.7 Å². The van der Waals surface area contributed by atoms with Crippen LogP contribution in [0.3, 0.4) is 0 Å². The van der Waals surface area contributed by atoms with Crippen molar-refractivity contribution in [1.29, 1.82) is 0 Å². The van der Waals surface area contributed by atoms with Gasteiger partial charge in [0, 0.05) is 4.43 Å². The van der Waals surface area contributed by atoms with Crippen molar-refractivity contribution in [3.8, 4) is 0 Å². The van der Waals surface area contributed by atoms with E-state index >= 15 is 0 Å². The Kier molecular flexibility index (Phi) is 7.01. The molecule has 0 aromatic rings. The molecule has 0 heterocycles. The van der Waals surface area contributed by atoms with Gasteiger partial charge in [0.2, 0.25) is 0 Å². The van der Waals surface area contributed by atoms with Crippen LogP contribution in [0.2, 0.25) is 0 Å². The first kappa shape index (κ1) is 11.2. The Hall–Kier alpha value is 0.200. The molecule has 0 aliphatic rings. The molecule has 0 fully saturated rings. The highest BCUT2D eigenvalue weighted by Gasteiger charge is 2.15. The topological polar surface area (TPSA) is 26.3 Å². The lowest BCUT2D eigenvalue weighted by Gasteiger charge is -2.10. The quantitative estimate of drug-likeness (QED) is 0.435. The van der Waals surface area contributed by atoms with Crippen LogP contribution in [0.5, 0.6) is 0 Å². The molecule has 0 aromatic carbocycles. The number of hydrogen-bond donors (Lipinski definition) is 0. The maximum Gasteiger partial charge on any atom is 0.308 e. The number of halogens is 1. The number of hydrogen-bond acceptors (Lipinski definition) is 2. The Morgan fingerprint density at radius 2 is 2.18 bits per heavy atom. The van der Waals surface area contributed by atoms with E-state index < -0.39 is 0 Å². The molecular formula is C8H15IO2. The van der Waals surface area contributed by atoms with E-state index in [-0.39, 0.29) is 11.9 Å². The SMILES string of the molecule is CCOC(=O)[C@H](CC)CCI. The third-order valence-corrected chi connectivity index (χ3v) is 2.19. The largest absolute Gasteiger partial charge is 0.466 e. The Bertz CT molecular complexity index is 115. The predicted octanol–water partition coefficient (Wildman–Crippen LogP) is 2.40. The molecule has 0 unspecified atom stereocenters. The highest BCUT2D eigenvalue weighted by atomic mass is 127. The summed E-state index contributed by atoms with van der Waals surface area (Å²) in [6.45, 7) is 4.36. The average molecular weight is 270 g/mol. The minimum absolute atomic E-state index is 0.0355. The van der Waals surface area contributed by atoms with E-state index in [1.165, 1.54) is 0 Å². The fourth-order valence-electron chi connectivity index (χ4n) is 0.880. The maximum absolute atomic E-state index is 11.1. The first-order valence-corrected chi connectivity index (χ1v) is 5.51. The fourth-order valence-corrected chi connectivity index (χ4v) is 1.63. The standard InChI is InChI=1S/C8H15IO2/c1-3-7(5-6-9)8(10)11-4-2/h7H,3-6H2,1-2H3/t7-/m1/s1. The minimum atomic E-state index is -0.0355. The third kappa shape index (κ3) is 4.61. The number of ether oxygens (including phenoxy) is 1. The van der Waals surface area contributed by atoms with Gasteiger partial charge < -0.3 is 4.74 Å². The molecule has 0 radical (unpaired) electrons. The number of alkyl halides is 1. The highest BCUT2D eigenvalue weighted by Crippen LogP contribution is 2.11. The molecule has 0 aliphatic heterocycles. The summed E-state index contributed by atoms with van der Waals surface area (Å²) < 4.78 is 5.93. The van der Waals surface area contributed by atoms with Gasteiger partial charge in [0.15, 0.2) is 0 Å². The van der Waals surface area contributed by atoms with E-state index in [2.05, 4.69) is 22.6 Å². The minimum Gasteiger partial charge on any atom is -0.466 e. The fraction of sp³-hybridized carbons (Fsp3) is 0.875. The van der Waals surface area contributed by atoms with Crippen LogP contribution in [0.1, 0.15) is 26.7 Å². The zero-order chi connectivity index (χ0) is 8.69. The van der Waals surface area contributed by atoms with Crippen molar-refractivity contribution in [2.24, 2.45) is 5.92 Å². The van der Waals surface area contributed by atoms with Crippen LogP contribution in [0, 0.1) is 5.92 Å². The Balaban J connectivity index is 3.71. The van der Waals surface area contributed by atoms with Gasteiger partial charge >= 0.3 is 5.97 Å². The molecule has 0 spiro atoms. The van der Waals surface area contributed by atoms with Gasteiger partial charge in [-0.2, -0.15) is 0 Å². The molecule has 0 aliphatic carbocycles. The van der Waals surface area contributed by atoms with Crippen molar-refractivity contribution in [1.82, 2.24) is 0 Å². The van der Waals surface area contributed by atoms with Crippen molar-refractivity contribution in [2.75, 3.05) is 11.0 Å². The van der Waals surface area contributed by atoms with E-state index in [4.69, 9.17) is 4.74 Å². The summed E-state index contributed by atoms with van der Waals surface area (Å²) in [7, 11) is 0. The summed E-state index contributed by atoms with van der Waals surface area (Å²) >= 11 is 2.28. The molecule has 3 heteroatoms. The van der Waals surface area contributed by atoms with E-state index in [1.54, 1.807) is 0 Å². The Labute approximate surface area is 81.8 Å². The van der Waals surface area contributed by atoms with Crippen LogP contribution < -0.4 is 0 Å². The molecule has 0 saturated heterocycles. The number of esters is 1. The summed E-state index contributed by atoms with van der Waals surface area (Å²) in [4.78, 5) is 11.1. The molecule has 0 amide bonds. The van der Waals surface area contributed by atoms with Crippen molar-refractivity contribution < 1.29 is 9.53 Å². The first-order valence-electron chi connectivity index (χ1n) is 3.98. The van der Waals surface area contributed by atoms with Gasteiger partial charge in [0.1, 0.15) is 0 Å². The highest BCUT2D eigenvalue weighted by molar-refractivity contribution is 14.1. The molecule has 0 rings (SSSR count). The molecule has 66 valence electrons. The molecule has 0 saturated carbocycles. The van der Waals surface area contributed by atoms with Crippen LogP contribution in [-0.2, 0) is 9.53 Å². The van der Waals surface area contributed by atoms with E-state index in [0.29, 0.717) is 6.61 Å². The van der Waals surface area contributed by atoms with Gasteiger partial charge in [-0.25, -0.2) is 0 Å². The second-order valence-corrected chi connectivity index (χ2v) is 3.41. The lowest BCUT2D eigenvalue weighted by atomic mass is 10.0. The lowest BCUT2D eigenvalue weighted by molar-refractivity contribution is -0.148. The molecule has 0 N–H and O–H groups in total. The Morgan fingerprint density at radius 3 is 2.55 bits per heavy atom. The molecule has 0 bridgehead atoms. The summed E-state index contributed by atoms with van der Waals surface area (Å²) in [6, 6.07) is 0. The lowest BCUT2D eigenvalue weighted by Crippen LogP contribution is -2.17. The molecule has 0 aromatic heterocycles. The molecule has 1 atom stereocenters. The maximum atomic E-state index is 11.1. The van der Waals surface area contributed by atoms with Gasteiger partial charge in [0.05, 0.1) is 12.5 Å². The van der Waals surface area contributed by atoms with Gasteiger partial charge in [0.25, 0.3) is 0 Å². The van der Waals surface area contributed by atoms with Crippen molar-refractivity contribution in [3.05, 3.63) is 0 Å². The summed E-state index contributed by atoms with van der Waals surface area (Å²) in [5.74, 6) is 0.0820. The monoisotopic (exact) mass is 270 g/mol. The number of carbonyl (C=O) groups is 1. The van der Waals surface area contributed by atoms with Crippen LogP contribution >= 0.6 is 22.6 Å². The van der Waals surface area contributed by atoms with Crippen LogP contribution in [-0.4, -0.2) is 17.0 Å². The van der Waals surface area contributed by atoms with Crippen molar-refractivity contribution in [3.63, 3.8) is 0 Å². The van der Waals surface area contributed by atoms with Gasteiger partial charge in [-0.1, -0.05) is 29.5 Å². The Morgan fingerprint density at radius 1 is 1.55 bits per heavy atom. The zero-order valence-corrected chi connectivity index (χ0v) is 9.26. The van der Waals surface area contributed by atoms with Gasteiger partial charge in [-0.05, 0) is 19.8 Å². The van der Waals surface area contributed by atoms with Crippen molar-refractivity contribution >= 4 is 28.6 Å². The smallest absolute Gasteiger partial charge is 0.308 e. The zero-order valence-electron chi connectivity index (χ0n) is 7.10. The van der Waals surface area contributed by atoms with E-state index in [9.17, 15) is 4.79 Å². The normalized spacial score (nSPS) is 12.6. The molecule has 2 nitrogen and oxygen atoms in total. The van der Waals surface area contributed by atoms with Crippen LogP contribution in [0.15, 0.2) is 0 Å². The summed E-state index contributed by atoms with van der Waals surface area (Å²) in [5, 5.41) is 0. The van der Waals surface area contributed by atoms with Gasteiger partial charge in [-0.15, -0.1) is 0 Å². The second-order valence-electron chi connectivity index (χ2n) is 2.33. The molecular weight excluding hydrogens is 255 g/mol. The first-order chi connectivity index (χ1) is 5.26. The van der Waals surface area contributed by atoms with Gasteiger partial charge in [-0.3, -0.25) is 4.79 Å². The predicted molar refractivity (Wildman–Crippen MR) is 53.9 cm³/mol. The molecule has 11 heavy (non-hydrogen) atoms. The summed E-state index contributed by atoms with van der Waals surface area (Å²) in [5.41, 5.74) is 0. The number of rotatable bonds is 5. The third-order valence-electron chi connectivity index (χ3n) is 1.57. The van der Waals surface area contributed by atoms with E-state index in [0.717, 1.165) is 17.3 Å².